The lowest BCUT2D eigenvalue weighted by Gasteiger charge is -2.34. The van der Waals surface area contributed by atoms with E-state index in [1.807, 2.05) is 28.0 Å². The first-order valence-electron chi connectivity index (χ1n) is 9.68. The largest absolute Gasteiger partial charge is 0.335 e. The van der Waals surface area contributed by atoms with Crippen molar-refractivity contribution in [1.29, 1.82) is 0 Å². The molecule has 4 rings (SSSR count). The van der Waals surface area contributed by atoms with Crippen LogP contribution in [0.4, 0.5) is 0 Å². The molecule has 0 N–H and O–H groups in total. The molecule has 0 aliphatic carbocycles. The predicted molar refractivity (Wildman–Crippen MR) is 104 cm³/mol. The van der Waals surface area contributed by atoms with E-state index >= 15 is 0 Å². The molecule has 0 radical (unpaired) electrons. The molecule has 1 aliphatic rings. The highest BCUT2D eigenvalue weighted by atomic mass is 16.2. The number of hydrogen-bond donors (Lipinski definition) is 0. The third-order valence-electron chi connectivity index (χ3n) is 5.13. The van der Waals surface area contributed by atoms with Crippen molar-refractivity contribution in [2.45, 2.75) is 33.6 Å². The summed E-state index contributed by atoms with van der Waals surface area (Å²) in [7, 11) is 0. The van der Waals surface area contributed by atoms with Crippen molar-refractivity contribution in [3.05, 3.63) is 53.9 Å². The van der Waals surface area contributed by atoms with E-state index in [1.54, 1.807) is 21.6 Å². The third kappa shape index (κ3) is 3.99. The zero-order valence-electron chi connectivity index (χ0n) is 16.4. The maximum Gasteiger partial charge on any atom is 0.274 e. The molecule has 0 saturated carbocycles. The third-order valence-corrected chi connectivity index (χ3v) is 5.13. The Kier molecular flexibility index (Phi) is 5.25. The van der Waals surface area contributed by atoms with Crippen LogP contribution in [0.1, 0.15) is 28.7 Å². The molecule has 3 aromatic rings. The molecular formula is C19H26N8O. The van der Waals surface area contributed by atoms with Crippen molar-refractivity contribution in [2.24, 2.45) is 0 Å². The lowest BCUT2D eigenvalue weighted by Crippen LogP contribution is -2.48. The van der Waals surface area contributed by atoms with Gasteiger partial charge < -0.3 is 4.90 Å². The van der Waals surface area contributed by atoms with Gasteiger partial charge in [-0.1, -0.05) is 0 Å². The summed E-state index contributed by atoms with van der Waals surface area (Å²) in [5.41, 5.74) is 2.84. The molecule has 1 fully saturated rings. The summed E-state index contributed by atoms with van der Waals surface area (Å²) in [6, 6.07) is 3.64. The van der Waals surface area contributed by atoms with Gasteiger partial charge in [0.15, 0.2) is 0 Å². The van der Waals surface area contributed by atoms with Gasteiger partial charge in [0.1, 0.15) is 12.4 Å². The van der Waals surface area contributed by atoms with Gasteiger partial charge in [0, 0.05) is 69.6 Å². The quantitative estimate of drug-likeness (QED) is 0.637. The predicted octanol–water partition coefficient (Wildman–Crippen LogP) is 1.07. The van der Waals surface area contributed by atoms with E-state index in [-0.39, 0.29) is 5.91 Å². The molecular weight excluding hydrogens is 356 g/mol. The van der Waals surface area contributed by atoms with Crippen LogP contribution in [0.15, 0.2) is 36.9 Å². The Labute approximate surface area is 164 Å². The van der Waals surface area contributed by atoms with Crippen molar-refractivity contribution in [3.63, 3.8) is 0 Å². The van der Waals surface area contributed by atoms with Gasteiger partial charge in [0.2, 0.25) is 0 Å². The maximum absolute atomic E-state index is 12.8. The normalized spacial score (nSPS) is 15.3. The van der Waals surface area contributed by atoms with E-state index < -0.39 is 0 Å². The molecule has 0 unspecified atom stereocenters. The Morgan fingerprint density at radius 2 is 1.89 bits per heavy atom. The number of aryl methyl sites for hydroxylation is 2. The molecule has 3 aromatic heterocycles. The summed E-state index contributed by atoms with van der Waals surface area (Å²) in [5.74, 6) is -0.00570. The van der Waals surface area contributed by atoms with Gasteiger partial charge in [-0.15, -0.1) is 0 Å². The summed E-state index contributed by atoms with van der Waals surface area (Å²) < 4.78 is 5.47. The van der Waals surface area contributed by atoms with Crippen molar-refractivity contribution in [3.8, 4) is 0 Å². The molecule has 1 aliphatic heterocycles. The van der Waals surface area contributed by atoms with E-state index in [2.05, 4.69) is 40.2 Å². The minimum Gasteiger partial charge on any atom is -0.335 e. The van der Waals surface area contributed by atoms with Crippen molar-refractivity contribution in [2.75, 3.05) is 26.2 Å². The van der Waals surface area contributed by atoms with Crippen LogP contribution in [-0.2, 0) is 19.8 Å². The lowest BCUT2D eigenvalue weighted by molar-refractivity contribution is 0.0621. The van der Waals surface area contributed by atoms with Crippen LogP contribution >= 0.6 is 0 Å². The second-order valence-corrected chi connectivity index (χ2v) is 7.09. The van der Waals surface area contributed by atoms with Gasteiger partial charge in [-0.2, -0.15) is 15.3 Å². The number of nitrogens with zero attached hydrogens (tertiary/aromatic N) is 8. The summed E-state index contributed by atoms with van der Waals surface area (Å²) in [6.07, 6.45) is 7.54. The first-order valence-corrected chi connectivity index (χ1v) is 9.68. The van der Waals surface area contributed by atoms with Crippen molar-refractivity contribution >= 4 is 5.91 Å². The SMILES string of the molecule is CCn1cc(CN2CCN(C(=O)c3ccn(Cn4cccn4)n3)CC2)c(C)n1. The molecule has 0 bridgehead atoms. The van der Waals surface area contributed by atoms with Gasteiger partial charge in [0.05, 0.1) is 5.69 Å². The summed E-state index contributed by atoms with van der Waals surface area (Å²) >= 11 is 0. The molecule has 1 saturated heterocycles. The number of carbonyl (C=O) groups is 1. The molecule has 9 heteroatoms. The van der Waals surface area contributed by atoms with Gasteiger partial charge in [-0.3, -0.25) is 23.7 Å². The molecule has 0 atom stereocenters. The van der Waals surface area contributed by atoms with Crippen LogP contribution in [0.3, 0.4) is 0 Å². The summed E-state index contributed by atoms with van der Waals surface area (Å²) in [5, 5.41) is 13.1. The Bertz CT molecular complexity index is 918. The van der Waals surface area contributed by atoms with Crippen LogP contribution in [0.5, 0.6) is 0 Å². The van der Waals surface area contributed by atoms with Gasteiger partial charge in [-0.05, 0) is 26.0 Å². The number of amides is 1. The van der Waals surface area contributed by atoms with Crippen LogP contribution in [0, 0.1) is 6.92 Å². The smallest absolute Gasteiger partial charge is 0.274 e. The Morgan fingerprint density at radius 3 is 2.57 bits per heavy atom. The topological polar surface area (TPSA) is 77.0 Å². The molecule has 4 heterocycles. The highest BCUT2D eigenvalue weighted by molar-refractivity contribution is 5.92. The maximum atomic E-state index is 12.8. The van der Waals surface area contributed by atoms with Gasteiger partial charge >= 0.3 is 0 Å². The Hall–Kier alpha value is -2.94. The molecule has 148 valence electrons. The fourth-order valence-electron chi connectivity index (χ4n) is 3.48. The summed E-state index contributed by atoms with van der Waals surface area (Å²) in [6.45, 7) is 9.56. The van der Waals surface area contributed by atoms with Crippen LogP contribution in [0.2, 0.25) is 0 Å². The summed E-state index contributed by atoms with van der Waals surface area (Å²) in [4.78, 5) is 17.0. The monoisotopic (exact) mass is 382 g/mol. The van der Waals surface area contributed by atoms with E-state index in [4.69, 9.17) is 0 Å². The molecule has 0 spiro atoms. The van der Waals surface area contributed by atoms with E-state index in [9.17, 15) is 4.79 Å². The zero-order valence-corrected chi connectivity index (χ0v) is 16.4. The Balaban J connectivity index is 1.31. The van der Waals surface area contributed by atoms with Crippen LogP contribution in [-0.4, -0.2) is 71.2 Å². The zero-order chi connectivity index (χ0) is 19.5. The fourth-order valence-corrected chi connectivity index (χ4v) is 3.48. The molecule has 0 aromatic carbocycles. The van der Waals surface area contributed by atoms with Gasteiger partial charge in [-0.25, -0.2) is 0 Å². The average Bonchev–Trinajstić information content (AvgIpc) is 3.45. The second-order valence-electron chi connectivity index (χ2n) is 7.09. The van der Waals surface area contributed by atoms with Crippen LogP contribution < -0.4 is 0 Å². The van der Waals surface area contributed by atoms with Gasteiger partial charge in [0.25, 0.3) is 5.91 Å². The van der Waals surface area contributed by atoms with E-state index in [0.29, 0.717) is 25.5 Å². The minimum absolute atomic E-state index is 0.00570. The number of carbonyl (C=O) groups excluding carboxylic acids is 1. The number of rotatable bonds is 6. The highest BCUT2D eigenvalue weighted by Crippen LogP contribution is 2.13. The number of aromatic nitrogens is 6. The molecule has 9 nitrogen and oxygen atoms in total. The van der Waals surface area contributed by atoms with Crippen LogP contribution in [0.25, 0.3) is 0 Å². The fraction of sp³-hybridized carbons (Fsp3) is 0.474. The molecule has 1 amide bonds. The first kappa shape index (κ1) is 18.4. The minimum atomic E-state index is -0.00570. The first-order chi connectivity index (χ1) is 13.6. The second kappa shape index (κ2) is 7.97. The lowest BCUT2D eigenvalue weighted by atomic mass is 10.2. The highest BCUT2D eigenvalue weighted by Gasteiger charge is 2.24. The van der Waals surface area contributed by atoms with E-state index in [0.717, 1.165) is 31.9 Å². The van der Waals surface area contributed by atoms with Crippen molar-refractivity contribution in [1.82, 2.24) is 39.1 Å². The van der Waals surface area contributed by atoms with Crippen molar-refractivity contribution < 1.29 is 4.79 Å². The molecule has 28 heavy (non-hydrogen) atoms. The number of hydrogen-bond acceptors (Lipinski definition) is 5. The Morgan fingerprint density at radius 1 is 1.07 bits per heavy atom. The standard InChI is InChI=1S/C19H26N8O/c1-3-25-14-17(16(2)21-25)13-23-9-11-24(12-10-23)19(28)18-5-8-27(22-18)15-26-7-4-6-20-26/h4-8,14H,3,9-13,15H2,1-2H3. The number of piperazine rings is 1. The van der Waals surface area contributed by atoms with E-state index in [1.165, 1.54) is 5.56 Å². The average molecular weight is 382 g/mol.